The molecule has 1 N–H and O–H groups in total. The summed E-state index contributed by atoms with van der Waals surface area (Å²) in [5.41, 5.74) is 3.75. The minimum absolute atomic E-state index is 0.568. The Morgan fingerprint density at radius 1 is 1.56 bits per heavy atom. The molecule has 0 aromatic carbocycles. The molecular weight excluding hydrogens is 198 g/mol. The summed E-state index contributed by atoms with van der Waals surface area (Å²) in [7, 11) is 1.96. The fourth-order valence-corrected chi connectivity index (χ4v) is 1.65. The molecule has 0 saturated carbocycles. The van der Waals surface area contributed by atoms with Crippen LogP contribution in [-0.2, 0) is 7.05 Å². The molecule has 0 aliphatic rings. The fraction of sp³-hybridized carbons (Fsp3) is 0.615. The van der Waals surface area contributed by atoms with Crippen molar-refractivity contribution in [3.63, 3.8) is 0 Å². The van der Waals surface area contributed by atoms with Gasteiger partial charge in [-0.1, -0.05) is 32.4 Å². The number of rotatable bonds is 5. The summed E-state index contributed by atoms with van der Waals surface area (Å²) < 4.78 is 1.87. The van der Waals surface area contributed by atoms with Crippen LogP contribution in [0.4, 0.5) is 0 Å². The van der Waals surface area contributed by atoms with Gasteiger partial charge in [0.1, 0.15) is 0 Å². The fourth-order valence-electron chi connectivity index (χ4n) is 1.65. The van der Waals surface area contributed by atoms with Crippen LogP contribution in [0.25, 0.3) is 6.08 Å². The van der Waals surface area contributed by atoms with Crippen LogP contribution in [0.1, 0.15) is 32.0 Å². The Bertz CT molecular complexity index is 361. The number of likely N-dealkylation sites (N-methyl/N-ethyl adjacent to an activating group) is 1. The van der Waals surface area contributed by atoms with Gasteiger partial charge in [-0.25, -0.2) is 0 Å². The summed E-state index contributed by atoms with van der Waals surface area (Å²) >= 11 is 0. The highest BCUT2D eigenvalue weighted by atomic mass is 15.2. The van der Waals surface area contributed by atoms with E-state index in [0.29, 0.717) is 5.92 Å². The first kappa shape index (κ1) is 13.0. The maximum absolute atomic E-state index is 4.36. The zero-order valence-corrected chi connectivity index (χ0v) is 11.0. The molecule has 0 bridgehead atoms. The lowest BCUT2D eigenvalue weighted by atomic mass is 10.0. The summed E-state index contributed by atoms with van der Waals surface area (Å²) in [6.45, 7) is 10.6. The largest absolute Gasteiger partial charge is 0.313 e. The lowest BCUT2D eigenvalue weighted by Crippen LogP contribution is -2.18. The van der Waals surface area contributed by atoms with Crippen LogP contribution in [0.3, 0.4) is 0 Å². The van der Waals surface area contributed by atoms with Gasteiger partial charge in [-0.15, -0.1) is 0 Å². The second-order valence-electron chi connectivity index (χ2n) is 4.50. The van der Waals surface area contributed by atoms with Gasteiger partial charge in [-0.05, 0) is 19.4 Å². The molecule has 1 heterocycles. The molecule has 90 valence electrons. The highest BCUT2D eigenvalue weighted by Crippen LogP contribution is 2.16. The summed E-state index contributed by atoms with van der Waals surface area (Å²) in [4.78, 5) is 0. The van der Waals surface area contributed by atoms with Crippen molar-refractivity contribution in [2.75, 3.05) is 13.1 Å². The van der Waals surface area contributed by atoms with E-state index in [1.807, 2.05) is 11.7 Å². The number of nitrogens with one attached hydrogen (secondary N) is 1. The van der Waals surface area contributed by atoms with E-state index < -0.39 is 0 Å². The van der Waals surface area contributed by atoms with Crippen molar-refractivity contribution in [2.45, 2.75) is 27.7 Å². The van der Waals surface area contributed by atoms with Gasteiger partial charge in [-0.3, -0.25) is 4.68 Å². The number of hydrogen-bond acceptors (Lipinski definition) is 2. The molecule has 0 radical (unpaired) electrons. The Morgan fingerprint density at radius 2 is 2.25 bits per heavy atom. The van der Waals surface area contributed by atoms with E-state index in [1.54, 1.807) is 0 Å². The molecule has 0 aliphatic carbocycles. The second kappa shape index (κ2) is 5.85. The van der Waals surface area contributed by atoms with Gasteiger partial charge >= 0.3 is 0 Å². The van der Waals surface area contributed by atoms with E-state index in [9.17, 15) is 0 Å². The third-order valence-corrected chi connectivity index (χ3v) is 2.71. The van der Waals surface area contributed by atoms with E-state index in [1.165, 1.54) is 11.1 Å². The van der Waals surface area contributed by atoms with E-state index in [2.05, 4.69) is 50.4 Å². The second-order valence-corrected chi connectivity index (χ2v) is 4.50. The molecule has 0 fully saturated rings. The highest BCUT2D eigenvalue weighted by Gasteiger charge is 2.06. The van der Waals surface area contributed by atoms with Crippen molar-refractivity contribution >= 4 is 6.08 Å². The molecule has 16 heavy (non-hydrogen) atoms. The molecule has 1 aromatic rings. The quantitative estimate of drug-likeness (QED) is 0.827. The predicted molar refractivity (Wildman–Crippen MR) is 69.3 cm³/mol. The molecule has 0 atom stereocenters. The van der Waals surface area contributed by atoms with E-state index in [0.717, 1.165) is 18.8 Å². The first-order valence-electron chi connectivity index (χ1n) is 5.96. The van der Waals surface area contributed by atoms with Crippen molar-refractivity contribution in [1.82, 2.24) is 15.1 Å². The molecule has 0 unspecified atom stereocenters. The molecule has 3 heteroatoms. The molecule has 1 aromatic heterocycles. The Labute approximate surface area is 98.5 Å². The average molecular weight is 221 g/mol. The maximum Gasteiger partial charge on any atom is 0.0665 e. The smallest absolute Gasteiger partial charge is 0.0665 e. The van der Waals surface area contributed by atoms with Crippen molar-refractivity contribution in [3.05, 3.63) is 23.0 Å². The summed E-state index contributed by atoms with van der Waals surface area (Å²) in [5, 5.41) is 7.74. The minimum atomic E-state index is 0.568. The van der Waals surface area contributed by atoms with E-state index in [4.69, 9.17) is 0 Å². The van der Waals surface area contributed by atoms with Crippen LogP contribution in [0.2, 0.25) is 0 Å². The lowest BCUT2D eigenvalue weighted by Gasteiger charge is -2.11. The Balaban J connectivity index is 2.88. The first-order valence-corrected chi connectivity index (χ1v) is 5.96. The van der Waals surface area contributed by atoms with Crippen molar-refractivity contribution in [1.29, 1.82) is 0 Å². The standard InChI is InChI=1S/C13H23N3/c1-6-14-8-12(10(2)3)7-13-9-16(5)15-11(13)4/h7,9-10,14H,6,8H2,1-5H3. The van der Waals surface area contributed by atoms with Crippen LogP contribution in [0.5, 0.6) is 0 Å². The van der Waals surface area contributed by atoms with Gasteiger partial charge in [0.05, 0.1) is 5.69 Å². The minimum Gasteiger partial charge on any atom is -0.313 e. The first-order chi connectivity index (χ1) is 7.54. The van der Waals surface area contributed by atoms with Gasteiger partial charge in [0, 0.05) is 25.4 Å². The Hall–Kier alpha value is -1.09. The van der Waals surface area contributed by atoms with Crippen LogP contribution in [-0.4, -0.2) is 22.9 Å². The van der Waals surface area contributed by atoms with Gasteiger partial charge in [0.15, 0.2) is 0 Å². The van der Waals surface area contributed by atoms with E-state index >= 15 is 0 Å². The highest BCUT2D eigenvalue weighted by molar-refractivity contribution is 5.55. The van der Waals surface area contributed by atoms with Gasteiger partial charge in [-0.2, -0.15) is 5.10 Å². The third kappa shape index (κ3) is 3.49. The van der Waals surface area contributed by atoms with Gasteiger partial charge in [0.25, 0.3) is 0 Å². The van der Waals surface area contributed by atoms with Gasteiger partial charge < -0.3 is 5.32 Å². The molecular formula is C13H23N3. The Morgan fingerprint density at radius 3 is 2.69 bits per heavy atom. The van der Waals surface area contributed by atoms with E-state index in [-0.39, 0.29) is 0 Å². The zero-order valence-electron chi connectivity index (χ0n) is 11.0. The molecule has 0 amide bonds. The Kier molecular flexibility index (Phi) is 4.74. The number of aryl methyl sites for hydroxylation is 2. The van der Waals surface area contributed by atoms with Crippen molar-refractivity contribution in [2.24, 2.45) is 13.0 Å². The molecule has 0 spiro atoms. The van der Waals surface area contributed by atoms with Crippen molar-refractivity contribution < 1.29 is 0 Å². The lowest BCUT2D eigenvalue weighted by molar-refractivity contribution is 0.682. The molecule has 1 rings (SSSR count). The SMILES string of the molecule is CCNCC(=Cc1cn(C)nc1C)C(C)C. The average Bonchev–Trinajstić information content (AvgIpc) is 2.51. The van der Waals surface area contributed by atoms with Crippen LogP contribution < -0.4 is 5.32 Å². The zero-order chi connectivity index (χ0) is 12.1. The van der Waals surface area contributed by atoms with Crippen LogP contribution in [0.15, 0.2) is 11.8 Å². The summed E-state index contributed by atoms with van der Waals surface area (Å²) in [5.74, 6) is 0.568. The molecule has 0 saturated heterocycles. The summed E-state index contributed by atoms with van der Waals surface area (Å²) in [6.07, 6.45) is 4.33. The normalized spacial score (nSPS) is 12.5. The third-order valence-electron chi connectivity index (χ3n) is 2.71. The number of aromatic nitrogens is 2. The van der Waals surface area contributed by atoms with Gasteiger partial charge in [0.2, 0.25) is 0 Å². The number of nitrogens with zero attached hydrogens (tertiary/aromatic N) is 2. The monoisotopic (exact) mass is 221 g/mol. The topological polar surface area (TPSA) is 29.9 Å². The van der Waals surface area contributed by atoms with Crippen LogP contribution in [0, 0.1) is 12.8 Å². The summed E-state index contributed by atoms with van der Waals surface area (Å²) in [6, 6.07) is 0. The van der Waals surface area contributed by atoms with Crippen LogP contribution >= 0.6 is 0 Å². The predicted octanol–water partition coefficient (Wildman–Crippen LogP) is 2.38. The van der Waals surface area contributed by atoms with Crippen molar-refractivity contribution in [3.8, 4) is 0 Å². The number of hydrogen-bond donors (Lipinski definition) is 1. The maximum atomic E-state index is 4.36. The molecule has 0 aliphatic heterocycles. The molecule has 3 nitrogen and oxygen atoms in total.